The molecule has 1 saturated heterocycles. The van der Waals surface area contributed by atoms with Gasteiger partial charge in [0.25, 0.3) is 5.91 Å². The first-order chi connectivity index (χ1) is 16.1. The lowest BCUT2D eigenvalue weighted by Crippen LogP contribution is -2.47. The normalized spacial score (nSPS) is 14.4. The molecule has 1 fully saturated rings. The van der Waals surface area contributed by atoms with Crippen molar-refractivity contribution in [1.29, 1.82) is 0 Å². The number of carbonyl (C=O) groups is 2. The van der Waals surface area contributed by atoms with E-state index in [1.807, 2.05) is 16.7 Å². The van der Waals surface area contributed by atoms with Gasteiger partial charge in [-0.05, 0) is 36.4 Å². The number of aromatic nitrogens is 2. The fourth-order valence-corrected chi connectivity index (χ4v) is 3.92. The molecule has 2 heterocycles. The van der Waals surface area contributed by atoms with Gasteiger partial charge in [-0.15, -0.1) is 0 Å². The number of nitrogens with one attached hydrogen (secondary N) is 1. The predicted molar refractivity (Wildman–Crippen MR) is 126 cm³/mol. The maximum atomic E-state index is 12.2. The van der Waals surface area contributed by atoms with Crippen molar-refractivity contribution in [3.8, 4) is 5.69 Å². The molecule has 9 heteroatoms. The maximum absolute atomic E-state index is 12.2. The Morgan fingerprint density at radius 3 is 2.61 bits per heavy atom. The molecule has 1 amide bonds. The first kappa shape index (κ1) is 22.8. The molecule has 0 atom stereocenters. The van der Waals surface area contributed by atoms with E-state index in [4.69, 9.17) is 9.47 Å². The number of nitrogens with zero attached hydrogens (tertiary/aromatic N) is 4. The molecule has 1 N–H and O–H groups in total. The highest BCUT2D eigenvalue weighted by molar-refractivity contribution is 5.95. The first-order valence-electron chi connectivity index (χ1n) is 11.0. The Bertz CT molecular complexity index is 1120. The second-order valence-corrected chi connectivity index (χ2v) is 7.91. The summed E-state index contributed by atoms with van der Waals surface area (Å²) >= 11 is 0. The average Bonchev–Trinajstić information content (AvgIpc) is 3.29. The van der Waals surface area contributed by atoms with Crippen molar-refractivity contribution in [1.82, 2.24) is 19.8 Å². The van der Waals surface area contributed by atoms with Crippen molar-refractivity contribution in [3.05, 3.63) is 54.4 Å². The summed E-state index contributed by atoms with van der Waals surface area (Å²) in [5.74, 6) is -0.910. The zero-order chi connectivity index (χ0) is 23.2. The van der Waals surface area contributed by atoms with Crippen LogP contribution < -0.4 is 10.2 Å². The molecule has 1 aromatic heterocycles. The van der Waals surface area contributed by atoms with Crippen molar-refractivity contribution in [3.63, 3.8) is 0 Å². The van der Waals surface area contributed by atoms with E-state index in [1.54, 1.807) is 25.6 Å². The van der Waals surface area contributed by atoms with E-state index < -0.39 is 5.97 Å². The van der Waals surface area contributed by atoms with Crippen LogP contribution in [-0.4, -0.2) is 86.4 Å². The number of hydrogen-bond donors (Lipinski definition) is 1. The Kier molecular flexibility index (Phi) is 7.21. The molecule has 33 heavy (non-hydrogen) atoms. The molecule has 0 aliphatic carbocycles. The highest BCUT2D eigenvalue weighted by Gasteiger charge is 2.18. The van der Waals surface area contributed by atoms with E-state index in [0.717, 1.165) is 50.5 Å². The van der Waals surface area contributed by atoms with Crippen molar-refractivity contribution >= 4 is 28.6 Å². The Morgan fingerprint density at radius 1 is 1.06 bits per heavy atom. The molecule has 9 nitrogen and oxygen atoms in total. The fraction of sp³-hybridized carbons (Fsp3) is 0.375. The number of anilines is 1. The second-order valence-electron chi connectivity index (χ2n) is 7.91. The monoisotopic (exact) mass is 451 g/mol. The van der Waals surface area contributed by atoms with E-state index in [-0.39, 0.29) is 12.5 Å². The van der Waals surface area contributed by atoms with Crippen LogP contribution in [0.3, 0.4) is 0 Å². The average molecular weight is 452 g/mol. The molecule has 1 aliphatic heterocycles. The van der Waals surface area contributed by atoms with Gasteiger partial charge < -0.3 is 19.7 Å². The summed E-state index contributed by atoms with van der Waals surface area (Å²) in [7, 11) is 3.23. The maximum Gasteiger partial charge on any atom is 0.338 e. The molecule has 0 bridgehead atoms. The third-order valence-corrected chi connectivity index (χ3v) is 5.85. The minimum atomic E-state index is -0.554. The number of hydrogen-bond acceptors (Lipinski definition) is 7. The van der Waals surface area contributed by atoms with Crippen LogP contribution in [0.4, 0.5) is 5.69 Å². The number of ether oxygens (including phenoxy) is 2. The molecule has 0 spiro atoms. The van der Waals surface area contributed by atoms with E-state index in [0.29, 0.717) is 11.1 Å². The summed E-state index contributed by atoms with van der Waals surface area (Å²) in [5.41, 5.74) is 4.11. The summed E-state index contributed by atoms with van der Waals surface area (Å²) in [6, 6.07) is 13.6. The Balaban J connectivity index is 1.48. The summed E-state index contributed by atoms with van der Waals surface area (Å²) in [6.07, 6.45) is 1.76. The molecule has 0 unspecified atom stereocenters. The molecule has 2 aromatic carbocycles. The molecular formula is C24H29N5O4. The van der Waals surface area contributed by atoms with E-state index in [1.165, 1.54) is 12.7 Å². The standard InChI is InChI=1S/C24H29N5O4/c1-25-23(30)16-33-24(31)18-6-7-22-21(14-18)26-17-29(22)20-5-3-4-19(15-20)28-10-8-27(9-11-28)12-13-32-2/h3-7,14-15,17H,8-13,16H2,1-2H3,(H,25,30). The van der Waals surface area contributed by atoms with Crippen LogP contribution in [0.2, 0.25) is 0 Å². The highest BCUT2D eigenvalue weighted by atomic mass is 16.5. The SMILES string of the molecule is CNC(=O)COC(=O)c1ccc2c(c1)ncn2-c1cccc(N2CCN(CCOC)CC2)c1. The van der Waals surface area contributed by atoms with Crippen molar-refractivity contribution in [2.75, 3.05) is 65.0 Å². The number of piperazine rings is 1. The van der Waals surface area contributed by atoms with Crippen LogP contribution in [-0.2, 0) is 14.3 Å². The van der Waals surface area contributed by atoms with Crippen LogP contribution in [0.15, 0.2) is 48.8 Å². The number of methoxy groups -OCH3 is 1. The first-order valence-corrected chi connectivity index (χ1v) is 11.0. The van der Waals surface area contributed by atoms with Gasteiger partial charge in [0, 0.05) is 58.3 Å². The largest absolute Gasteiger partial charge is 0.452 e. The Morgan fingerprint density at radius 2 is 1.85 bits per heavy atom. The topological polar surface area (TPSA) is 88.9 Å². The number of benzene rings is 2. The van der Waals surface area contributed by atoms with Gasteiger partial charge in [-0.25, -0.2) is 9.78 Å². The van der Waals surface area contributed by atoms with Crippen LogP contribution >= 0.6 is 0 Å². The van der Waals surface area contributed by atoms with Gasteiger partial charge in [0.05, 0.1) is 23.2 Å². The minimum Gasteiger partial charge on any atom is -0.452 e. The van der Waals surface area contributed by atoms with Crippen LogP contribution in [0.5, 0.6) is 0 Å². The predicted octanol–water partition coefficient (Wildman–Crippen LogP) is 1.70. The lowest BCUT2D eigenvalue weighted by atomic mass is 10.2. The number of esters is 1. The van der Waals surface area contributed by atoms with Gasteiger partial charge in [0.2, 0.25) is 0 Å². The van der Waals surface area contributed by atoms with Crippen LogP contribution in [0.25, 0.3) is 16.7 Å². The molecule has 0 radical (unpaired) electrons. The quantitative estimate of drug-likeness (QED) is 0.522. The molecule has 174 valence electrons. The van der Waals surface area contributed by atoms with Crippen molar-refractivity contribution < 1.29 is 19.1 Å². The minimum absolute atomic E-state index is 0.310. The second kappa shape index (κ2) is 10.5. The molecule has 1 aliphatic rings. The van der Waals surface area contributed by atoms with Gasteiger partial charge >= 0.3 is 5.97 Å². The fourth-order valence-electron chi connectivity index (χ4n) is 3.92. The molecular weight excluding hydrogens is 422 g/mol. The molecule has 3 aromatic rings. The third-order valence-electron chi connectivity index (χ3n) is 5.85. The van der Waals surface area contributed by atoms with Gasteiger partial charge in [0.15, 0.2) is 6.61 Å². The van der Waals surface area contributed by atoms with Crippen molar-refractivity contribution in [2.24, 2.45) is 0 Å². The lowest BCUT2D eigenvalue weighted by molar-refractivity contribution is -0.123. The third kappa shape index (κ3) is 5.32. The summed E-state index contributed by atoms with van der Waals surface area (Å²) in [4.78, 5) is 32.8. The summed E-state index contributed by atoms with van der Waals surface area (Å²) < 4.78 is 12.2. The van der Waals surface area contributed by atoms with Crippen LogP contribution in [0.1, 0.15) is 10.4 Å². The number of rotatable bonds is 8. The number of likely N-dealkylation sites (N-methyl/N-ethyl adjacent to an activating group) is 1. The van der Waals surface area contributed by atoms with E-state index in [9.17, 15) is 9.59 Å². The van der Waals surface area contributed by atoms with E-state index in [2.05, 4.69) is 38.3 Å². The van der Waals surface area contributed by atoms with E-state index >= 15 is 0 Å². The van der Waals surface area contributed by atoms with Crippen LogP contribution in [0, 0.1) is 0 Å². The number of fused-ring (bicyclic) bond motifs is 1. The molecule has 0 saturated carbocycles. The number of imidazole rings is 1. The van der Waals surface area contributed by atoms with Gasteiger partial charge in [-0.1, -0.05) is 6.07 Å². The van der Waals surface area contributed by atoms with Gasteiger partial charge in [-0.2, -0.15) is 0 Å². The summed E-state index contributed by atoms with van der Waals surface area (Å²) in [6.45, 7) is 5.39. The van der Waals surface area contributed by atoms with Crippen molar-refractivity contribution in [2.45, 2.75) is 0 Å². The zero-order valence-corrected chi connectivity index (χ0v) is 19.0. The summed E-state index contributed by atoms with van der Waals surface area (Å²) in [5, 5.41) is 2.42. The Labute approximate surface area is 192 Å². The Hall–Kier alpha value is -3.43. The zero-order valence-electron chi connectivity index (χ0n) is 19.0. The number of amides is 1. The van der Waals surface area contributed by atoms with Gasteiger partial charge in [0.1, 0.15) is 6.33 Å². The smallest absolute Gasteiger partial charge is 0.338 e. The highest BCUT2D eigenvalue weighted by Crippen LogP contribution is 2.24. The number of carbonyl (C=O) groups excluding carboxylic acids is 2. The van der Waals surface area contributed by atoms with Gasteiger partial charge in [-0.3, -0.25) is 14.3 Å². The lowest BCUT2D eigenvalue weighted by Gasteiger charge is -2.36. The molecule has 4 rings (SSSR count).